The van der Waals surface area contributed by atoms with Gasteiger partial charge in [0.1, 0.15) is 0 Å². The first-order chi connectivity index (χ1) is 6.99. The molecule has 0 aromatic rings. The number of carbonyl (C=O) groups is 2. The predicted molar refractivity (Wildman–Crippen MR) is 53.4 cm³/mol. The van der Waals surface area contributed by atoms with E-state index in [9.17, 15) is 9.59 Å². The Morgan fingerprint density at radius 1 is 1.40 bits per heavy atom. The molecule has 1 fully saturated rings. The van der Waals surface area contributed by atoms with Crippen molar-refractivity contribution < 1.29 is 19.4 Å². The lowest BCUT2D eigenvalue weighted by atomic mass is 10.0. The van der Waals surface area contributed by atoms with E-state index in [2.05, 4.69) is 0 Å². The number of likely N-dealkylation sites (N-methyl/N-ethyl adjacent to an activating group) is 1. The minimum Gasteiger partial charge on any atom is -0.481 e. The number of hydrogen-bond donors (Lipinski definition) is 1. The predicted octanol–water partition coefficient (Wildman–Crippen LogP) is 0.343. The molecule has 1 amide bonds. The first-order valence-corrected chi connectivity index (χ1v) is 4.98. The summed E-state index contributed by atoms with van der Waals surface area (Å²) in [5, 5.41) is 8.97. The summed E-state index contributed by atoms with van der Waals surface area (Å²) in [6.45, 7) is 1.47. The molecular weight excluding hydrogens is 198 g/mol. The Morgan fingerprint density at radius 3 is 2.40 bits per heavy atom. The van der Waals surface area contributed by atoms with E-state index in [1.54, 1.807) is 11.9 Å². The number of carboxylic acids is 1. The molecule has 5 heteroatoms. The summed E-state index contributed by atoms with van der Waals surface area (Å²) in [5.41, 5.74) is 0. The third kappa shape index (κ3) is 2.28. The monoisotopic (exact) mass is 215 g/mol. The summed E-state index contributed by atoms with van der Waals surface area (Å²) < 4.78 is 5.19. The molecule has 1 N–H and O–H groups in total. The Morgan fingerprint density at radius 2 is 2.00 bits per heavy atom. The summed E-state index contributed by atoms with van der Waals surface area (Å²) in [7, 11) is 3.18. The standard InChI is InChI=1S/C10H17NO4/c1-6(12)11(2)8-5-4-7(10(13)14)9(8)15-3/h7-9H,4-5H2,1-3H3,(H,13,14)/t7-,8-,9+/m1/s1. The van der Waals surface area contributed by atoms with E-state index in [0.717, 1.165) is 0 Å². The number of aliphatic carboxylic acids is 1. The van der Waals surface area contributed by atoms with Crippen LogP contribution in [0, 0.1) is 5.92 Å². The van der Waals surface area contributed by atoms with Gasteiger partial charge in [-0.15, -0.1) is 0 Å². The Hall–Kier alpha value is -1.10. The molecule has 86 valence electrons. The van der Waals surface area contributed by atoms with E-state index in [1.165, 1.54) is 14.0 Å². The van der Waals surface area contributed by atoms with Crippen molar-refractivity contribution >= 4 is 11.9 Å². The molecule has 1 rings (SSSR count). The largest absolute Gasteiger partial charge is 0.481 e. The molecule has 0 unspecified atom stereocenters. The summed E-state index contributed by atoms with van der Waals surface area (Å²) >= 11 is 0. The van der Waals surface area contributed by atoms with Crippen LogP contribution in [0.15, 0.2) is 0 Å². The zero-order valence-electron chi connectivity index (χ0n) is 9.27. The van der Waals surface area contributed by atoms with Gasteiger partial charge in [-0.2, -0.15) is 0 Å². The van der Waals surface area contributed by atoms with Crippen LogP contribution in [0.2, 0.25) is 0 Å². The Bertz CT molecular complexity index is 266. The van der Waals surface area contributed by atoms with Gasteiger partial charge >= 0.3 is 5.97 Å². The number of ether oxygens (including phenoxy) is 1. The summed E-state index contributed by atoms with van der Waals surface area (Å²) in [6.07, 6.45) is 0.859. The van der Waals surface area contributed by atoms with Gasteiger partial charge < -0.3 is 14.7 Å². The third-order valence-corrected chi connectivity index (χ3v) is 3.13. The lowest BCUT2D eigenvalue weighted by molar-refractivity contribution is -0.147. The minimum atomic E-state index is -0.846. The Labute approximate surface area is 89.0 Å². The Kier molecular flexibility index (Phi) is 3.68. The van der Waals surface area contributed by atoms with E-state index in [4.69, 9.17) is 9.84 Å². The van der Waals surface area contributed by atoms with Gasteiger partial charge in [0.15, 0.2) is 0 Å². The van der Waals surface area contributed by atoms with Gasteiger partial charge in [0.25, 0.3) is 0 Å². The molecule has 0 heterocycles. The molecule has 0 aromatic heterocycles. The third-order valence-electron chi connectivity index (χ3n) is 3.13. The van der Waals surface area contributed by atoms with Gasteiger partial charge in [0.05, 0.1) is 18.1 Å². The molecule has 3 atom stereocenters. The summed E-state index contributed by atoms with van der Waals surface area (Å²) in [4.78, 5) is 23.7. The second kappa shape index (κ2) is 4.61. The molecule has 1 aliphatic rings. The molecule has 0 bridgehead atoms. The second-order valence-corrected chi connectivity index (χ2v) is 3.92. The number of rotatable bonds is 3. The molecule has 1 saturated carbocycles. The summed E-state index contributed by atoms with van der Waals surface area (Å²) in [6, 6.07) is -0.117. The lowest BCUT2D eigenvalue weighted by Crippen LogP contribution is -2.44. The van der Waals surface area contributed by atoms with Crippen LogP contribution in [0.3, 0.4) is 0 Å². The zero-order valence-corrected chi connectivity index (χ0v) is 9.27. The van der Waals surface area contributed by atoms with Gasteiger partial charge in [0, 0.05) is 21.1 Å². The van der Waals surface area contributed by atoms with Crippen molar-refractivity contribution in [2.45, 2.75) is 31.9 Å². The number of methoxy groups -OCH3 is 1. The van der Waals surface area contributed by atoms with Crippen LogP contribution in [-0.2, 0) is 14.3 Å². The van der Waals surface area contributed by atoms with Crippen LogP contribution in [0.1, 0.15) is 19.8 Å². The average Bonchev–Trinajstić information content (AvgIpc) is 2.59. The second-order valence-electron chi connectivity index (χ2n) is 3.92. The number of hydrogen-bond acceptors (Lipinski definition) is 3. The first-order valence-electron chi connectivity index (χ1n) is 4.98. The van der Waals surface area contributed by atoms with Crippen molar-refractivity contribution in [1.82, 2.24) is 4.90 Å². The maximum absolute atomic E-state index is 11.2. The lowest BCUT2D eigenvalue weighted by Gasteiger charge is -2.29. The molecule has 15 heavy (non-hydrogen) atoms. The quantitative estimate of drug-likeness (QED) is 0.737. The van der Waals surface area contributed by atoms with Crippen LogP contribution in [0.25, 0.3) is 0 Å². The van der Waals surface area contributed by atoms with E-state index in [-0.39, 0.29) is 11.9 Å². The molecule has 1 aliphatic carbocycles. The summed E-state index contributed by atoms with van der Waals surface area (Å²) in [5.74, 6) is -1.41. The topological polar surface area (TPSA) is 66.8 Å². The van der Waals surface area contributed by atoms with Crippen molar-refractivity contribution in [1.29, 1.82) is 0 Å². The van der Waals surface area contributed by atoms with Crippen LogP contribution < -0.4 is 0 Å². The van der Waals surface area contributed by atoms with Crippen LogP contribution in [-0.4, -0.2) is 48.2 Å². The van der Waals surface area contributed by atoms with Gasteiger partial charge in [-0.3, -0.25) is 9.59 Å². The molecular formula is C10H17NO4. The number of carbonyl (C=O) groups excluding carboxylic acids is 1. The van der Waals surface area contributed by atoms with Gasteiger partial charge in [-0.25, -0.2) is 0 Å². The highest BCUT2D eigenvalue weighted by Gasteiger charge is 2.43. The number of nitrogens with zero attached hydrogens (tertiary/aromatic N) is 1. The fourth-order valence-corrected chi connectivity index (χ4v) is 2.18. The van der Waals surface area contributed by atoms with Gasteiger partial charge in [-0.05, 0) is 12.8 Å². The van der Waals surface area contributed by atoms with Crippen molar-refractivity contribution in [3.63, 3.8) is 0 Å². The van der Waals surface area contributed by atoms with Crippen LogP contribution in [0.4, 0.5) is 0 Å². The van der Waals surface area contributed by atoms with Gasteiger partial charge in [0.2, 0.25) is 5.91 Å². The van der Waals surface area contributed by atoms with E-state index >= 15 is 0 Å². The molecule has 0 saturated heterocycles. The molecule has 0 aromatic carbocycles. The maximum atomic E-state index is 11.2. The van der Waals surface area contributed by atoms with E-state index in [1.807, 2.05) is 0 Å². The van der Waals surface area contributed by atoms with Crippen LogP contribution >= 0.6 is 0 Å². The fourth-order valence-electron chi connectivity index (χ4n) is 2.18. The fraction of sp³-hybridized carbons (Fsp3) is 0.800. The highest BCUT2D eigenvalue weighted by Crippen LogP contribution is 2.31. The molecule has 0 radical (unpaired) electrons. The smallest absolute Gasteiger partial charge is 0.309 e. The highest BCUT2D eigenvalue weighted by molar-refractivity contribution is 5.74. The molecule has 0 spiro atoms. The molecule has 5 nitrogen and oxygen atoms in total. The van der Waals surface area contributed by atoms with Crippen molar-refractivity contribution in [2.75, 3.05) is 14.2 Å². The highest BCUT2D eigenvalue weighted by atomic mass is 16.5. The van der Waals surface area contributed by atoms with Crippen molar-refractivity contribution in [3.8, 4) is 0 Å². The van der Waals surface area contributed by atoms with Gasteiger partial charge in [-0.1, -0.05) is 0 Å². The number of amides is 1. The molecule has 0 aliphatic heterocycles. The van der Waals surface area contributed by atoms with E-state index < -0.39 is 18.0 Å². The van der Waals surface area contributed by atoms with E-state index in [0.29, 0.717) is 12.8 Å². The maximum Gasteiger partial charge on any atom is 0.309 e. The SMILES string of the molecule is CO[C@@H]1[C@H](N(C)C(C)=O)CC[C@H]1C(=O)O. The number of carboxylic acid groups (broad SMARTS) is 1. The van der Waals surface area contributed by atoms with Crippen LogP contribution in [0.5, 0.6) is 0 Å². The van der Waals surface area contributed by atoms with Crippen molar-refractivity contribution in [3.05, 3.63) is 0 Å². The van der Waals surface area contributed by atoms with Crippen molar-refractivity contribution in [2.24, 2.45) is 5.92 Å². The first kappa shape index (κ1) is 12.0. The minimum absolute atomic E-state index is 0.0620. The normalized spacial score (nSPS) is 30.2. The zero-order chi connectivity index (χ0) is 11.6. The Balaban J connectivity index is 2.77. The average molecular weight is 215 g/mol.